The summed E-state index contributed by atoms with van der Waals surface area (Å²) in [5, 5.41) is 11.6. The summed E-state index contributed by atoms with van der Waals surface area (Å²) in [5.74, 6) is -1.87. The molecule has 55 heavy (non-hydrogen) atoms. The van der Waals surface area contributed by atoms with Gasteiger partial charge >= 0.3 is 11.9 Å². The number of aliphatic carboxylic acids is 1. The predicted octanol–water partition coefficient (Wildman–Crippen LogP) is 10.0. The summed E-state index contributed by atoms with van der Waals surface area (Å²) in [4.78, 5) is 36.7. The van der Waals surface area contributed by atoms with Crippen LogP contribution in [-0.2, 0) is 28.6 Å². The minimum atomic E-state index is -1.14. The molecular weight excluding hydrogens is 691 g/mol. The van der Waals surface area contributed by atoms with E-state index in [9.17, 15) is 19.5 Å². The predicted molar refractivity (Wildman–Crippen MR) is 226 cm³/mol. The third-order valence-corrected chi connectivity index (χ3v) is 8.78. The van der Waals surface area contributed by atoms with Crippen molar-refractivity contribution in [3.05, 3.63) is 85.1 Å². The quantitative estimate of drug-likeness (QED) is 0.0271. The molecule has 0 fully saturated rings. The summed E-state index contributed by atoms with van der Waals surface area (Å²) in [6.07, 6.45) is 47.6. The molecule has 0 amide bonds. The summed E-state index contributed by atoms with van der Waals surface area (Å²) in [5.41, 5.74) is 0. The van der Waals surface area contributed by atoms with Crippen molar-refractivity contribution < 1.29 is 38.2 Å². The molecule has 0 bridgehead atoms. The van der Waals surface area contributed by atoms with Crippen molar-refractivity contribution in [3.8, 4) is 0 Å². The summed E-state index contributed by atoms with van der Waals surface area (Å²) in [6.45, 7) is 4.41. The summed E-state index contributed by atoms with van der Waals surface area (Å²) < 4.78 is 17.0. The average Bonchev–Trinajstić information content (AvgIpc) is 3.14. The zero-order valence-electron chi connectivity index (χ0n) is 35.3. The lowest BCUT2D eigenvalue weighted by atomic mass is 10.1. The van der Waals surface area contributed by atoms with Crippen molar-refractivity contribution >= 4 is 17.9 Å². The summed E-state index contributed by atoms with van der Waals surface area (Å²) in [6, 6.07) is -0.743. The average molecular weight is 768 g/mol. The van der Waals surface area contributed by atoms with Gasteiger partial charge < -0.3 is 28.6 Å². The molecule has 0 saturated heterocycles. The minimum Gasteiger partial charge on any atom is -0.544 e. The van der Waals surface area contributed by atoms with Crippen LogP contribution in [0.15, 0.2) is 85.1 Å². The van der Waals surface area contributed by atoms with Crippen molar-refractivity contribution in [2.75, 3.05) is 41.0 Å². The number of likely N-dealkylation sites (N-methyl/N-ethyl adjacent to an activating group) is 1. The van der Waals surface area contributed by atoms with Crippen LogP contribution >= 0.6 is 0 Å². The van der Waals surface area contributed by atoms with E-state index < -0.39 is 24.1 Å². The number of quaternary nitrogens is 1. The normalized spacial score (nSPS) is 13.8. The van der Waals surface area contributed by atoms with E-state index in [2.05, 4.69) is 86.8 Å². The Morgan fingerprint density at radius 1 is 0.564 bits per heavy atom. The van der Waals surface area contributed by atoms with Crippen molar-refractivity contribution in [3.63, 3.8) is 0 Å². The molecule has 0 aromatic heterocycles. The Morgan fingerprint density at radius 3 is 1.58 bits per heavy atom. The SMILES string of the molecule is CC/C=C\C/C=C\C/C=C\C/C=C\C/C=C\C/C=C\CCC(=O)OC(COCCC(C(=O)[O-])[N+](C)(C)C)COC(=O)CCCCCCC/C=C\CCCCC. The number of nitrogens with zero attached hydrogens (tertiary/aromatic N) is 1. The number of carbonyl (C=O) groups excluding carboxylic acids is 3. The standard InChI is InChI=1S/C47H77NO7/c1-6-8-10-12-14-16-18-20-21-22-23-24-25-26-28-30-32-34-36-38-46(50)55-43(41-53-40-39-44(47(51)52)48(3,4)5)42-54-45(49)37-35-33-31-29-27-19-17-15-13-11-9-7-2/h8,10,14-17,20-21,23-24,26,28,32,34,43-44H,6-7,9,11-13,18-19,22,25,27,29-31,33,35-42H2,1-5H3/b10-8-,16-14-,17-15-,21-20-,24-23-,28-26-,34-32-. The first-order chi connectivity index (χ1) is 26.6. The lowest BCUT2D eigenvalue weighted by molar-refractivity contribution is -0.889. The number of rotatable bonds is 36. The topological polar surface area (TPSA) is 102 Å². The highest BCUT2D eigenvalue weighted by Crippen LogP contribution is 2.11. The Morgan fingerprint density at radius 2 is 1.05 bits per heavy atom. The Kier molecular flexibility index (Phi) is 35.1. The maximum Gasteiger partial charge on any atom is 0.306 e. The van der Waals surface area contributed by atoms with E-state index in [4.69, 9.17) is 14.2 Å². The van der Waals surface area contributed by atoms with E-state index in [1.54, 1.807) is 21.1 Å². The van der Waals surface area contributed by atoms with E-state index in [0.29, 0.717) is 12.8 Å². The Bertz CT molecular complexity index is 1170. The number of ether oxygens (including phenoxy) is 3. The zero-order valence-corrected chi connectivity index (χ0v) is 35.3. The Hall–Kier alpha value is -3.49. The van der Waals surface area contributed by atoms with Gasteiger partial charge in [0.15, 0.2) is 6.10 Å². The van der Waals surface area contributed by atoms with Gasteiger partial charge in [-0.2, -0.15) is 0 Å². The van der Waals surface area contributed by atoms with Gasteiger partial charge in [0.05, 0.1) is 40.3 Å². The second kappa shape index (κ2) is 37.4. The maximum atomic E-state index is 12.7. The molecule has 8 heteroatoms. The van der Waals surface area contributed by atoms with Crippen LogP contribution in [0, 0.1) is 0 Å². The van der Waals surface area contributed by atoms with Gasteiger partial charge in [0.25, 0.3) is 0 Å². The van der Waals surface area contributed by atoms with Gasteiger partial charge in [0.1, 0.15) is 12.6 Å². The zero-order chi connectivity index (χ0) is 40.7. The first-order valence-corrected chi connectivity index (χ1v) is 21.1. The Labute approximate surface area is 335 Å². The number of carboxylic acid groups (broad SMARTS) is 1. The summed E-state index contributed by atoms with van der Waals surface area (Å²) >= 11 is 0. The van der Waals surface area contributed by atoms with E-state index >= 15 is 0 Å². The molecule has 0 spiro atoms. The lowest BCUT2D eigenvalue weighted by Gasteiger charge is -2.34. The van der Waals surface area contributed by atoms with E-state index in [-0.39, 0.29) is 43.1 Å². The smallest absolute Gasteiger partial charge is 0.306 e. The molecule has 0 aliphatic carbocycles. The highest BCUT2D eigenvalue weighted by atomic mass is 16.6. The van der Waals surface area contributed by atoms with Gasteiger partial charge in [-0.1, -0.05) is 131 Å². The molecule has 0 radical (unpaired) electrons. The molecule has 0 aromatic rings. The van der Waals surface area contributed by atoms with Crippen molar-refractivity contribution in [2.24, 2.45) is 0 Å². The van der Waals surface area contributed by atoms with Gasteiger partial charge in [-0.25, -0.2) is 0 Å². The fraction of sp³-hybridized carbons (Fsp3) is 0.638. The highest BCUT2D eigenvalue weighted by molar-refractivity contribution is 5.70. The monoisotopic (exact) mass is 768 g/mol. The second-order valence-electron chi connectivity index (χ2n) is 14.8. The molecule has 0 saturated carbocycles. The maximum absolute atomic E-state index is 12.7. The van der Waals surface area contributed by atoms with Gasteiger partial charge in [-0.15, -0.1) is 0 Å². The van der Waals surface area contributed by atoms with Crippen LogP contribution in [0.5, 0.6) is 0 Å². The molecule has 312 valence electrons. The molecular formula is C47H77NO7. The molecule has 0 N–H and O–H groups in total. The molecule has 0 aliphatic heterocycles. The molecule has 0 rings (SSSR count). The van der Waals surface area contributed by atoms with Gasteiger partial charge in [-0.3, -0.25) is 9.59 Å². The molecule has 0 aliphatic rings. The number of carboxylic acids is 1. The minimum absolute atomic E-state index is 0.00287. The van der Waals surface area contributed by atoms with Crippen molar-refractivity contribution in [2.45, 2.75) is 154 Å². The van der Waals surface area contributed by atoms with Crippen LogP contribution in [0.3, 0.4) is 0 Å². The first kappa shape index (κ1) is 51.5. The van der Waals surface area contributed by atoms with Crippen LogP contribution in [0.1, 0.15) is 142 Å². The van der Waals surface area contributed by atoms with Gasteiger partial charge in [0, 0.05) is 19.3 Å². The molecule has 0 heterocycles. The lowest BCUT2D eigenvalue weighted by Crippen LogP contribution is -2.55. The van der Waals surface area contributed by atoms with Crippen LogP contribution in [0.25, 0.3) is 0 Å². The van der Waals surface area contributed by atoms with E-state index in [1.165, 1.54) is 32.1 Å². The van der Waals surface area contributed by atoms with Crippen molar-refractivity contribution in [1.29, 1.82) is 0 Å². The van der Waals surface area contributed by atoms with Crippen LogP contribution in [0.4, 0.5) is 0 Å². The number of hydrogen-bond donors (Lipinski definition) is 0. The number of unbranched alkanes of at least 4 members (excludes halogenated alkanes) is 8. The molecule has 2 atom stereocenters. The number of esters is 2. The fourth-order valence-corrected chi connectivity index (χ4v) is 5.50. The highest BCUT2D eigenvalue weighted by Gasteiger charge is 2.25. The third kappa shape index (κ3) is 35.9. The number of allylic oxidation sites excluding steroid dienone is 14. The molecule has 0 aromatic carbocycles. The van der Waals surface area contributed by atoms with Gasteiger partial charge in [-0.05, 0) is 77.0 Å². The third-order valence-electron chi connectivity index (χ3n) is 8.78. The summed E-state index contributed by atoms with van der Waals surface area (Å²) in [7, 11) is 5.36. The largest absolute Gasteiger partial charge is 0.544 e. The van der Waals surface area contributed by atoms with E-state index in [1.807, 2.05) is 12.2 Å². The van der Waals surface area contributed by atoms with E-state index in [0.717, 1.165) is 70.6 Å². The molecule has 8 nitrogen and oxygen atoms in total. The van der Waals surface area contributed by atoms with Crippen LogP contribution in [0.2, 0.25) is 0 Å². The Balaban J connectivity index is 4.53. The van der Waals surface area contributed by atoms with Crippen molar-refractivity contribution in [1.82, 2.24) is 0 Å². The van der Waals surface area contributed by atoms with Gasteiger partial charge in [0.2, 0.25) is 0 Å². The molecule has 2 unspecified atom stereocenters. The van der Waals surface area contributed by atoms with Crippen LogP contribution in [-0.4, -0.2) is 75.5 Å². The second-order valence-corrected chi connectivity index (χ2v) is 14.8. The first-order valence-electron chi connectivity index (χ1n) is 21.1. The number of hydrogen-bond acceptors (Lipinski definition) is 7. The number of carbonyl (C=O) groups is 3. The van der Waals surface area contributed by atoms with Crippen LogP contribution < -0.4 is 5.11 Å². The fourth-order valence-electron chi connectivity index (χ4n) is 5.50.